The minimum atomic E-state index is 0.165. The van der Waals surface area contributed by atoms with Gasteiger partial charge in [0.15, 0.2) is 0 Å². The van der Waals surface area contributed by atoms with E-state index in [-0.39, 0.29) is 6.61 Å². The Morgan fingerprint density at radius 1 is 1.19 bits per heavy atom. The Balaban J connectivity index is 2.00. The summed E-state index contributed by atoms with van der Waals surface area (Å²) in [5, 5.41) is 11.3. The zero-order valence-corrected chi connectivity index (χ0v) is 12.8. The molecule has 4 heteroatoms. The predicted octanol–water partition coefficient (Wildman–Crippen LogP) is 2.05. The maximum Gasteiger partial charge on any atom is 0.0558 e. The summed E-state index contributed by atoms with van der Waals surface area (Å²) in [4.78, 5) is 3.49. The summed E-state index contributed by atoms with van der Waals surface area (Å²) < 4.78 is 0. The monoisotopic (exact) mass is 300 g/mol. The van der Waals surface area contributed by atoms with Crippen LogP contribution in [0.5, 0.6) is 0 Å². The topological polar surface area (TPSA) is 49.5 Å². The van der Waals surface area contributed by atoms with E-state index in [1.54, 1.807) is 11.3 Å². The largest absolute Gasteiger partial charge is 0.395 e. The second kappa shape index (κ2) is 8.60. The number of thiophene rings is 1. The molecule has 2 aromatic rings. The lowest BCUT2D eigenvalue weighted by Crippen LogP contribution is -2.25. The molecule has 0 bridgehead atoms. The number of hydrogen-bond acceptors (Lipinski definition) is 4. The summed E-state index contributed by atoms with van der Waals surface area (Å²) in [6, 6.07) is 12.4. The average molecular weight is 300 g/mol. The molecule has 0 amide bonds. The van der Waals surface area contributed by atoms with E-state index < -0.39 is 0 Å². The summed E-state index contributed by atoms with van der Waals surface area (Å²) in [6.07, 6.45) is 0. The third kappa shape index (κ3) is 5.33. The van der Waals surface area contributed by atoms with Gasteiger partial charge in [-0.05, 0) is 11.6 Å². The van der Waals surface area contributed by atoms with Crippen LogP contribution in [0.3, 0.4) is 0 Å². The van der Waals surface area contributed by atoms with Crippen LogP contribution in [-0.2, 0) is 13.1 Å². The van der Waals surface area contributed by atoms with E-state index in [9.17, 15) is 5.11 Å². The van der Waals surface area contributed by atoms with Gasteiger partial charge in [-0.25, -0.2) is 0 Å². The molecule has 3 nitrogen and oxygen atoms in total. The summed E-state index contributed by atoms with van der Waals surface area (Å²) in [5.74, 6) is 5.91. The molecule has 0 fully saturated rings. The van der Waals surface area contributed by atoms with Crippen molar-refractivity contribution >= 4 is 11.3 Å². The van der Waals surface area contributed by atoms with Crippen molar-refractivity contribution in [3.05, 3.63) is 57.8 Å². The van der Waals surface area contributed by atoms with Crippen LogP contribution in [0, 0.1) is 11.8 Å². The van der Waals surface area contributed by atoms with E-state index in [1.807, 2.05) is 18.2 Å². The first-order chi connectivity index (χ1) is 10.3. The van der Waals surface area contributed by atoms with Gasteiger partial charge in [0.25, 0.3) is 0 Å². The van der Waals surface area contributed by atoms with Crippen molar-refractivity contribution in [1.29, 1.82) is 0 Å². The molecule has 110 valence electrons. The molecule has 0 radical (unpaired) electrons. The van der Waals surface area contributed by atoms with Gasteiger partial charge in [0.1, 0.15) is 0 Å². The first kappa shape index (κ1) is 15.7. The molecule has 0 aliphatic carbocycles. The van der Waals surface area contributed by atoms with Crippen LogP contribution in [0.2, 0.25) is 0 Å². The van der Waals surface area contributed by atoms with Crippen LogP contribution in [0.1, 0.15) is 16.0 Å². The molecule has 0 saturated carbocycles. The summed E-state index contributed by atoms with van der Waals surface area (Å²) >= 11 is 1.70. The van der Waals surface area contributed by atoms with Crippen molar-refractivity contribution in [2.45, 2.75) is 13.1 Å². The highest BCUT2D eigenvalue weighted by atomic mass is 32.1. The van der Waals surface area contributed by atoms with Gasteiger partial charge in [-0.1, -0.05) is 42.2 Å². The predicted molar refractivity (Wildman–Crippen MR) is 87.9 cm³/mol. The van der Waals surface area contributed by atoms with Gasteiger partial charge in [-0.2, -0.15) is 0 Å². The highest BCUT2D eigenvalue weighted by Gasteiger charge is 2.08. The summed E-state index contributed by atoms with van der Waals surface area (Å²) in [7, 11) is 0. The quantitative estimate of drug-likeness (QED) is 0.803. The standard InChI is InChI=1S/C17H20N2OS/c18-8-4-7-16-11-17(21-14-16)13-19(9-10-20)12-15-5-2-1-3-6-15/h1-3,5-6,11,14,20H,8-10,12-13,18H2. The Kier molecular flexibility index (Phi) is 6.45. The highest BCUT2D eigenvalue weighted by Crippen LogP contribution is 2.17. The maximum atomic E-state index is 9.24. The Labute approximate surface area is 130 Å². The maximum absolute atomic E-state index is 9.24. The van der Waals surface area contributed by atoms with Crippen molar-refractivity contribution in [2.75, 3.05) is 19.7 Å². The van der Waals surface area contributed by atoms with Gasteiger partial charge in [-0.15, -0.1) is 11.3 Å². The lowest BCUT2D eigenvalue weighted by molar-refractivity contribution is 0.185. The Hall–Kier alpha value is -1.64. The highest BCUT2D eigenvalue weighted by molar-refractivity contribution is 7.10. The first-order valence-electron chi connectivity index (χ1n) is 6.95. The first-order valence-corrected chi connectivity index (χ1v) is 7.83. The van der Waals surface area contributed by atoms with Gasteiger partial charge in [0.2, 0.25) is 0 Å². The summed E-state index contributed by atoms with van der Waals surface area (Å²) in [5.41, 5.74) is 7.66. The zero-order chi connectivity index (χ0) is 14.9. The van der Waals surface area contributed by atoms with Crippen molar-refractivity contribution < 1.29 is 5.11 Å². The number of hydrogen-bond donors (Lipinski definition) is 2. The smallest absolute Gasteiger partial charge is 0.0558 e. The van der Waals surface area contributed by atoms with Gasteiger partial charge in [-0.3, -0.25) is 4.90 Å². The third-order valence-electron chi connectivity index (χ3n) is 3.03. The molecule has 1 aromatic heterocycles. The lowest BCUT2D eigenvalue weighted by atomic mass is 10.2. The second-order valence-electron chi connectivity index (χ2n) is 4.73. The number of nitrogens with zero attached hydrogens (tertiary/aromatic N) is 1. The number of aliphatic hydroxyl groups excluding tert-OH is 1. The van der Waals surface area contributed by atoms with Crippen LogP contribution in [-0.4, -0.2) is 29.7 Å². The average Bonchev–Trinajstić information content (AvgIpc) is 2.94. The molecule has 0 spiro atoms. The summed E-state index contributed by atoms with van der Waals surface area (Å²) in [6.45, 7) is 2.87. The van der Waals surface area contributed by atoms with E-state index in [1.165, 1.54) is 10.4 Å². The number of nitrogens with two attached hydrogens (primary N) is 1. The minimum Gasteiger partial charge on any atom is -0.395 e. The molecule has 1 heterocycles. The number of rotatable bonds is 6. The van der Waals surface area contributed by atoms with E-state index in [4.69, 9.17) is 5.73 Å². The Bertz CT molecular complexity index is 598. The fourth-order valence-electron chi connectivity index (χ4n) is 2.10. The lowest BCUT2D eigenvalue weighted by Gasteiger charge is -2.20. The molecule has 0 aliphatic rings. The van der Waals surface area contributed by atoms with Crippen LogP contribution >= 0.6 is 11.3 Å². The zero-order valence-electron chi connectivity index (χ0n) is 12.0. The molecule has 0 unspecified atom stereocenters. The number of aliphatic hydroxyl groups is 1. The fraction of sp³-hybridized carbons (Fsp3) is 0.294. The fourth-order valence-corrected chi connectivity index (χ4v) is 2.96. The Morgan fingerprint density at radius 3 is 2.71 bits per heavy atom. The SMILES string of the molecule is NCC#Cc1csc(CN(CCO)Cc2ccccc2)c1. The van der Waals surface area contributed by atoms with Gasteiger partial charge in [0, 0.05) is 35.5 Å². The molecule has 0 aliphatic heterocycles. The molecule has 2 rings (SSSR count). The Morgan fingerprint density at radius 2 is 2.00 bits per heavy atom. The van der Waals surface area contributed by atoms with Crippen LogP contribution < -0.4 is 5.73 Å². The second-order valence-corrected chi connectivity index (χ2v) is 5.72. The molecular formula is C17H20N2OS. The molecule has 3 N–H and O–H groups in total. The van der Waals surface area contributed by atoms with Crippen LogP contribution in [0.4, 0.5) is 0 Å². The van der Waals surface area contributed by atoms with E-state index in [0.717, 1.165) is 18.7 Å². The molecule has 0 saturated heterocycles. The van der Waals surface area contributed by atoms with Gasteiger partial charge >= 0.3 is 0 Å². The van der Waals surface area contributed by atoms with Crippen molar-refractivity contribution in [3.8, 4) is 11.8 Å². The number of benzene rings is 1. The molecule has 21 heavy (non-hydrogen) atoms. The van der Waals surface area contributed by atoms with Crippen molar-refractivity contribution in [2.24, 2.45) is 5.73 Å². The van der Waals surface area contributed by atoms with Gasteiger partial charge in [0.05, 0.1) is 13.2 Å². The van der Waals surface area contributed by atoms with Crippen molar-refractivity contribution in [3.63, 3.8) is 0 Å². The molecule has 0 atom stereocenters. The van der Waals surface area contributed by atoms with Crippen LogP contribution in [0.15, 0.2) is 41.8 Å². The van der Waals surface area contributed by atoms with E-state index in [0.29, 0.717) is 13.1 Å². The van der Waals surface area contributed by atoms with Crippen molar-refractivity contribution in [1.82, 2.24) is 4.90 Å². The van der Waals surface area contributed by atoms with Crippen LogP contribution in [0.25, 0.3) is 0 Å². The van der Waals surface area contributed by atoms with E-state index in [2.05, 4.69) is 40.3 Å². The van der Waals surface area contributed by atoms with Gasteiger partial charge < -0.3 is 10.8 Å². The van der Waals surface area contributed by atoms with E-state index >= 15 is 0 Å². The molecule has 1 aromatic carbocycles. The molecular weight excluding hydrogens is 280 g/mol. The third-order valence-corrected chi connectivity index (χ3v) is 3.95. The minimum absolute atomic E-state index is 0.165. The normalized spacial score (nSPS) is 10.4.